The largest absolute Gasteiger partial charge is 0.507 e. The van der Waals surface area contributed by atoms with Crippen LogP contribution in [0.2, 0.25) is 0 Å². The topological polar surface area (TPSA) is 94.8 Å². The standard InChI is InChI=1S/C13H20N4O/c1-7(2)10-5-9(16-17-13(14)15)6-11(8(3)4)12(10)18/h5-8,18H,1-4H3,(H3,14,15). The van der Waals surface area contributed by atoms with Crippen LogP contribution in [0.3, 0.4) is 0 Å². The summed E-state index contributed by atoms with van der Waals surface area (Å²) in [6.45, 7) is 8.02. The lowest BCUT2D eigenvalue weighted by Crippen LogP contribution is -2.03. The predicted molar refractivity (Wildman–Crippen MR) is 72.7 cm³/mol. The third-order valence-electron chi connectivity index (χ3n) is 2.67. The van der Waals surface area contributed by atoms with Crippen molar-refractivity contribution in [2.75, 3.05) is 0 Å². The van der Waals surface area contributed by atoms with Crippen LogP contribution in [-0.4, -0.2) is 11.1 Å². The van der Waals surface area contributed by atoms with Gasteiger partial charge in [0.05, 0.1) is 5.69 Å². The van der Waals surface area contributed by atoms with Crippen molar-refractivity contribution in [3.8, 4) is 5.75 Å². The van der Waals surface area contributed by atoms with Gasteiger partial charge in [-0.1, -0.05) is 27.7 Å². The molecule has 4 N–H and O–H groups in total. The molecule has 98 valence electrons. The third kappa shape index (κ3) is 3.29. The molecule has 0 saturated carbocycles. The van der Waals surface area contributed by atoms with Gasteiger partial charge in [-0.15, -0.1) is 10.2 Å². The van der Waals surface area contributed by atoms with Gasteiger partial charge in [-0.2, -0.15) is 0 Å². The first-order valence-electron chi connectivity index (χ1n) is 5.95. The number of azo groups is 1. The first kappa shape index (κ1) is 14.2. The second kappa shape index (κ2) is 5.62. The van der Waals surface area contributed by atoms with Gasteiger partial charge in [0.1, 0.15) is 5.75 Å². The van der Waals surface area contributed by atoms with E-state index >= 15 is 0 Å². The lowest BCUT2D eigenvalue weighted by molar-refractivity contribution is 0.454. The minimum absolute atomic E-state index is 0.190. The molecule has 0 saturated heterocycles. The molecule has 0 aliphatic carbocycles. The summed E-state index contributed by atoms with van der Waals surface area (Å²) in [6, 6.07) is 3.55. The molecule has 5 nitrogen and oxygen atoms in total. The first-order chi connectivity index (χ1) is 8.32. The molecule has 0 radical (unpaired) electrons. The van der Waals surface area contributed by atoms with Crippen LogP contribution in [0.25, 0.3) is 0 Å². The Bertz CT molecular complexity index is 449. The normalized spacial score (nSPS) is 11.7. The van der Waals surface area contributed by atoms with Crippen molar-refractivity contribution < 1.29 is 5.11 Å². The number of rotatable bonds is 3. The van der Waals surface area contributed by atoms with Gasteiger partial charge >= 0.3 is 0 Å². The molecule has 0 aliphatic rings. The molecule has 1 aromatic rings. The average molecular weight is 248 g/mol. The molecule has 0 atom stereocenters. The van der Waals surface area contributed by atoms with Crippen molar-refractivity contribution in [3.63, 3.8) is 0 Å². The molecule has 0 amide bonds. The summed E-state index contributed by atoms with van der Waals surface area (Å²) in [7, 11) is 0. The molecule has 1 rings (SSSR count). The van der Waals surface area contributed by atoms with Crippen molar-refractivity contribution >= 4 is 11.6 Å². The zero-order valence-electron chi connectivity index (χ0n) is 11.2. The Morgan fingerprint density at radius 1 is 1.17 bits per heavy atom. The van der Waals surface area contributed by atoms with Crippen molar-refractivity contribution in [2.45, 2.75) is 39.5 Å². The maximum atomic E-state index is 10.2. The van der Waals surface area contributed by atoms with Gasteiger partial charge < -0.3 is 10.8 Å². The lowest BCUT2D eigenvalue weighted by Gasteiger charge is -2.15. The molecule has 0 bridgehead atoms. The Morgan fingerprint density at radius 3 is 1.94 bits per heavy atom. The van der Waals surface area contributed by atoms with Crippen LogP contribution in [0.4, 0.5) is 5.69 Å². The van der Waals surface area contributed by atoms with Crippen molar-refractivity contribution in [1.82, 2.24) is 0 Å². The molecule has 1 aromatic carbocycles. The van der Waals surface area contributed by atoms with Crippen LogP contribution in [0.15, 0.2) is 22.4 Å². The fraction of sp³-hybridized carbons (Fsp3) is 0.462. The van der Waals surface area contributed by atoms with E-state index in [9.17, 15) is 5.11 Å². The highest BCUT2D eigenvalue weighted by molar-refractivity contribution is 5.75. The SMILES string of the molecule is CC(C)c1cc(N=NC(=N)N)cc(C(C)C)c1O. The van der Waals surface area contributed by atoms with Gasteiger partial charge in [-0.25, -0.2) is 0 Å². The number of nitrogens with one attached hydrogen (secondary N) is 1. The van der Waals surface area contributed by atoms with E-state index in [0.717, 1.165) is 11.1 Å². The molecule has 0 aromatic heterocycles. The van der Waals surface area contributed by atoms with Crippen LogP contribution < -0.4 is 5.73 Å². The van der Waals surface area contributed by atoms with E-state index in [4.69, 9.17) is 11.1 Å². The van der Waals surface area contributed by atoms with Gasteiger partial charge in [-0.05, 0) is 35.1 Å². The summed E-state index contributed by atoms with van der Waals surface area (Å²) >= 11 is 0. The molecule has 0 spiro atoms. The van der Waals surface area contributed by atoms with E-state index in [0.29, 0.717) is 11.4 Å². The summed E-state index contributed by atoms with van der Waals surface area (Å²) in [5.74, 6) is 0.368. The molecule has 0 heterocycles. The Kier molecular flexibility index (Phi) is 4.42. The minimum Gasteiger partial charge on any atom is -0.507 e. The van der Waals surface area contributed by atoms with E-state index < -0.39 is 0 Å². The van der Waals surface area contributed by atoms with E-state index in [1.807, 2.05) is 27.7 Å². The average Bonchev–Trinajstić information content (AvgIpc) is 2.26. The first-order valence-corrected chi connectivity index (χ1v) is 5.95. The van der Waals surface area contributed by atoms with Crippen LogP contribution in [0, 0.1) is 5.41 Å². The molecular weight excluding hydrogens is 228 g/mol. The fourth-order valence-electron chi connectivity index (χ4n) is 1.71. The summed E-state index contributed by atoms with van der Waals surface area (Å²) in [5.41, 5.74) is 7.41. The van der Waals surface area contributed by atoms with Crippen LogP contribution >= 0.6 is 0 Å². The number of nitrogens with two attached hydrogens (primary N) is 1. The zero-order valence-corrected chi connectivity index (χ0v) is 11.2. The third-order valence-corrected chi connectivity index (χ3v) is 2.67. The number of hydrogen-bond donors (Lipinski definition) is 3. The van der Waals surface area contributed by atoms with Gasteiger partial charge in [0.15, 0.2) is 0 Å². The second-order valence-corrected chi connectivity index (χ2v) is 4.87. The number of phenols is 1. The zero-order chi connectivity index (χ0) is 13.9. The maximum Gasteiger partial charge on any atom is 0.232 e. The predicted octanol–water partition coefficient (Wildman–Crippen LogP) is 3.62. The highest BCUT2D eigenvalue weighted by Crippen LogP contribution is 2.37. The monoisotopic (exact) mass is 248 g/mol. The molecule has 0 fully saturated rings. The number of guanidine groups is 1. The van der Waals surface area contributed by atoms with E-state index in [-0.39, 0.29) is 17.8 Å². The Labute approximate surface area is 107 Å². The number of benzene rings is 1. The quantitative estimate of drug-likeness (QED) is 0.433. The Balaban J connectivity index is 3.33. The van der Waals surface area contributed by atoms with E-state index in [2.05, 4.69) is 10.2 Å². The van der Waals surface area contributed by atoms with Crippen molar-refractivity contribution in [3.05, 3.63) is 23.3 Å². The number of nitrogens with zero attached hydrogens (tertiary/aromatic N) is 2. The molecular formula is C13H20N4O. The molecule has 18 heavy (non-hydrogen) atoms. The van der Waals surface area contributed by atoms with E-state index in [1.54, 1.807) is 12.1 Å². The van der Waals surface area contributed by atoms with Gasteiger partial charge in [-0.3, -0.25) is 5.41 Å². The number of aromatic hydroxyl groups is 1. The van der Waals surface area contributed by atoms with Gasteiger partial charge in [0.2, 0.25) is 5.96 Å². The minimum atomic E-state index is -0.333. The van der Waals surface area contributed by atoms with Crippen LogP contribution in [0.1, 0.15) is 50.7 Å². The second-order valence-electron chi connectivity index (χ2n) is 4.87. The Morgan fingerprint density at radius 2 is 1.61 bits per heavy atom. The van der Waals surface area contributed by atoms with Gasteiger partial charge in [0.25, 0.3) is 0 Å². The van der Waals surface area contributed by atoms with Crippen LogP contribution in [-0.2, 0) is 0 Å². The summed E-state index contributed by atoms with van der Waals surface area (Å²) in [4.78, 5) is 0. The summed E-state index contributed by atoms with van der Waals surface area (Å²) < 4.78 is 0. The number of phenolic OH excluding ortho intramolecular Hbond substituents is 1. The smallest absolute Gasteiger partial charge is 0.232 e. The fourth-order valence-corrected chi connectivity index (χ4v) is 1.71. The maximum absolute atomic E-state index is 10.2. The summed E-state index contributed by atoms with van der Waals surface area (Å²) in [5, 5.41) is 24.6. The van der Waals surface area contributed by atoms with Crippen molar-refractivity contribution in [2.24, 2.45) is 16.0 Å². The molecule has 0 unspecified atom stereocenters. The Hall–Kier alpha value is -1.91. The highest BCUT2D eigenvalue weighted by Gasteiger charge is 2.14. The molecule has 5 heteroatoms. The highest BCUT2D eigenvalue weighted by atomic mass is 16.3. The lowest BCUT2D eigenvalue weighted by atomic mass is 9.93. The molecule has 0 aliphatic heterocycles. The number of hydrogen-bond acceptors (Lipinski definition) is 3. The van der Waals surface area contributed by atoms with Crippen LogP contribution in [0.5, 0.6) is 5.75 Å². The van der Waals surface area contributed by atoms with E-state index in [1.165, 1.54) is 0 Å². The van der Waals surface area contributed by atoms with Gasteiger partial charge in [0, 0.05) is 0 Å². The summed E-state index contributed by atoms with van der Waals surface area (Å²) in [6.07, 6.45) is 0. The van der Waals surface area contributed by atoms with Crippen molar-refractivity contribution in [1.29, 1.82) is 5.41 Å².